The van der Waals surface area contributed by atoms with Gasteiger partial charge in [0.25, 0.3) is 0 Å². The Balaban J connectivity index is 1.74. The van der Waals surface area contributed by atoms with Crippen molar-refractivity contribution in [1.82, 2.24) is 4.90 Å². The number of ether oxygens (including phenoxy) is 1. The first-order chi connectivity index (χ1) is 12.6. The van der Waals surface area contributed by atoms with Crippen LogP contribution in [0.2, 0.25) is 0 Å². The maximum Gasteiger partial charge on any atom is 0.322 e. The minimum Gasteiger partial charge on any atom is -0.439 e. The van der Waals surface area contributed by atoms with Gasteiger partial charge in [0.05, 0.1) is 0 Å². The second kappa shape index (κ2) is 6.40. The highest BCUT2D eigenvalue weighted by Gasteiger charge is 2.50. The largest absolute Gasteiger partial charge is 0.439 e. The molecule has 3 heteroatoms. The molecule has 0 N–H and O–H groups in total. The second-order valence-corrected chi connectivity index (χ2v) is 7.53. The minimum atomic E-state index is -0.846. The van der Waals surface area contributed by atoms with Gasteiger partial charge in [-0.25, -0.2) is 0 Å². The van der Waals surface area contributed by atoms with Crippen LogP contribution in [0, 0.1) is 0 Å². The number of likely N-dealkylation sites (N-methyl/N-ethyl adjacent to an activating group) is 1. The van der Waals surface area contributed by atoms with Crippen LogP contribution in [0.4, 0.5) is 0 Å². The van der Waals surface area contributed by atoms with Gasteiger partial charge in [-0.05, 0) is 44.0 Å². The van der Waals surface area contributed by atoms with E-state index < -0.39 is 11.1 Å². The third-order valence-electron chi connectivity index (χ3n) is 6.15. The first-order valence-corrected chi connectivity index (χ1v) is 9.31. The van der Waals surface area contributed by atoms with Crippen molar-refractivity contribution in [3.05, 3.63) is 83.9 Å². The molecule has 3 nitrogen and oxygen atoms in total. The molecule has 2 heterocycles. The van der Waals surface area contributed by atoms with E-state index in [-0.39, 0.29) is 5.97 Å². The fourth-order valence-electron chi connectivity index (χ4n) is 4.30. The van der Waals surface area contributed by atoms with Crippen molar-refractivity contribution in [2.24, 2.45) is 0 Å². The van der Waals surface area contributed by atoms with Crippen LogP contribution in [0.3, 0.4) is 0 Å². The van der Waals surface area contributed by atoms with E-state index in [0.717, 1.165) is 30.4 Å². The van der Waals surface area contributed by atoms with Gasteiger partial charge in [0.2, 0.25) is 0 Å². The van der Waals surface area contributed by atoms with E-state index in [0.29, 0.717) is 6.04 Å². The van der Waals surface area contributed by atoms with Crippen LogP contribution in [-0.4, -0.2) is 29.7 Å². The average molecular weight is 347 g/mol. The molecule has 2 atom stereocenters. The molecular weight excluding hydrogens is 322 g/mol. The van der Waals surface area contributed by atoms with E-state index in [1.165, 1.54) is 0 Å². The maximum atomic E-state index is 13.6. The van der Waals surface area contributed by atoms with Crippen molar-refractivity contribution in [1.29, 1.82) is 0 Å². The number of nitrogens with zero attached hydrogens (tertiary/aromatic N) is 1. The molecule has 1 saturated heterocycles. The molecule has 0 aromatic heterocycles. The van der Waals surface area contributed by atoms with Crippen molar-refractivity contribution in [2.45, 2.75) is 43.4 Å². The van der Waals surface area contributed by atoms with Crippen molar-refractivity contribution in [2.75, 3.05) is 7.05 Å². The molecule has 134 valence electrons. The molecule has 0 amide bonds. The Morgan fingerprint density at radius 1 is 1.08 bits per heavy atom. The smallest absolute Gasteiger partial charge is 0.322 e. The molecule has 2 aliphatic heterocycles. The quantitative estimate of drug-likeness (QED) is 0.610. The summed E-state index contributed by atoms with van der Waals surface area (Å²) >= 11 is 0. The molecule has 4 rings (SSSR count). The number of rotatable bonds is 4. The lowest BCUT2D eigenvalue weighted by molar-refractivity contribution is -0.174. The lowest BCUT2D eigenvalue weighted by Gasteiger charge is -2.40. The number of hydrogen-bond acceptors (Lipinski definition) is 3. The van der Waals surface area contributed by atoms with Crippen LogP contribution in [0.5, 0.6) is 0 Å². The van der Waals surface area contributed by atoms with Gasteiger partial charge in [0, 0.05) is 12.5 Å². The second-order valence-electron chi connectivity index (χ2n) is 7.53. The van der Waals surface area contributed by atoms with Crippen LogP contribution < -0.4 is 0 Å². The van der Waals surface area contributed by atoms with Gasteiger partial charge >= 0.3 is 5.97 Å². The summed E-state index contributed by atoms with van der Waals surface area (Å²) < 4.78 is 6.26. The Labute approximate surface area is 155 Å². The standard InChI is InChI=1S/C23H25NO2/c1-22(18-10-5-3-6-11-18,19-12-7-4-8-13-19)21(25)26-23-16-9-14-20(15-17-23)24(23)2/h3-13,16,20H,14-15,17H2,1-2H3/t20-,23-/m1/s1. The topological polar surface area (TPSA) is 29.5 Å². The van der Waals surface area contributed by atoms with Crippen LogP contribution in [0.25, 0.3) is 0 Å². The molecule has 0 aliphatic carbocycles. The highest BCUT2D eigenvalue weighted by molar-refractivity contribution is 5.87. The van der Waals surface area contributed by atoms with Gasteiger partial charge in [-0.2, -0.15) is 0 Å². The van der Waals surface area contributed by atoms with E-state index in [2.05, 4.69) is 24.1 Å². The summed E-state index contributed by atoms with van der Waals surface area (Å²) in [6, 6.07) is 20.3. The monoisotopic (exact) mass is 347 g/mol. The zero-order valence-electron chi connectivity index (χ0n) is 15.4. The highest BCUT2D eigenvalue weighted by Crippen LogP contribution is 2.42. The molecule has 2 aromatic rings. The summed E-state index contributed by atoms with van der Waals surface area (Å²) in [4.78, 5) is 15.8. The normalized spacial score (nSPS) is 25.2. The van der Waals surface area contributed by atoms with E-state index in [1.807, 2.05) is 67.6 Å². The zero-order chi connectivity index (χ0) is 18.2. The predicted molar refractivity (Wildman–Crippen MR) is 103 cm³/mol. The molecule has 0 unspecified atom stereocenters. The van der Waals surface area contributed by atoms with Crippen molar-refractivity contribution < 1.29 is 9.53 Å². The molecule has 0 spiro atoms. The first kappa shape index (κ1) is 17.0. The number of carbonyl (C=O) groups excluding carboxylic acids is 1. The summed E-state index contributed by atoms with van der Waals surface area (Å²) in [7, 11) is 2.07. The van der Waals surface area contributed by atoms with E-state index in [4.69, 9.17) is 4.74 Å². The summed E-state index contributed by atoms with van der Waals surface area (Å²) in [5, 5.41) is 0. The van der Waals surface area contributed by atoms with Crippen molar-refractivity contribution >= 4 is 5.97 Å². The average Bonchev–Trinajstić information content (AvgIpc) is 2.86. The molecule has 2 bridgehead atoms. The van der Waals surface area contributed by atoms with E-state index in [9.17, 15) is 4.79 Å². The SMILES string of the molecule is CN1[C@@H]2CC=C[C@@]1(OC(=O)C(C)(c1ccccc1)c1ccccc1)CC2. The van der Waals surface area contributed by atoms with Crippen molar-refractivity contribution in [3.63, 3.8) is 0 Å². The van der Waals surface area contributed by atoms with Gasteiger partial charge in [-0.3, -0.25) is 9.69 Å². The Morgan fingerprint density at radius 3 is 2.23 bits per heavy atom. The van der Waals surface area contributed by atoms with Gasteiger partial charge in [0.1, 0.15) is 5.41 Å². The van der Waals surface area contributed by atoms with Gasteiger partial charge < -0.3 is 4.74 Å². The van der Waals surface area contributed by atoms with Gasteiger partial charge in [0.15, 0.2) is 5.72 Å². The molecular formula is C23H25NO2. The Hall–Kier alpha value is -2.39. The molecule has 1 fully saturated rings. The maximum absolute atomic E-state index is 13.6. The fourth-order valence-corrected chi connectivity index (χ4v) is 4.30. The first-order valence-electron chi connectivity index (χ1n) is 9.31. The number of benzene rings is 2. The van der Waals surface area contributed by atoms with E-state index in [1.54, 1.807) is 0 Å². The Bertz CT molecular complexity index is 775. The zero-order valence-corrected chi connectivity index (χ0v) is 15.4. The number of hydrogen-bond donors (Lipinski definition) is 0. The minimum absolute atomic E-state index is 0.200. The van der Waals surface area contributed by atoms with E-state index >= 15 is 0 Å². The lowest BCUT2D eigenvalue weighted by atomic mass is 9.76. The summed E-state index contributed by atoms with van der Waals surface area (Å²) in [5.41, 5.74) is 0.445. The number of esters is 1. The fraction of sp³-hybridized carbons (Fsp3) is 0.348. The van der Waals surface area contributed by atoms with Gasteiger partial charge in [-0.1, -0.05) is 66.7 Å². The molecule has 26 heavy (non-hydrogen) atoms. The summed E-state index contributed by atoms with van der Waals surface area (Å²) in [6.07, 6.45) is 7.18. The third-order valence-corrected chi connectivity index (χ3v) is 6.15. The third kappa shape index (κ3) is 2.58. The van der Waals surface area contributed by atoms with Crippen LogP contribution in [0.1, 0.15) is 37.3 Å². The number of carbonyl (C=O) groups is 1. The molecule has 2 aromatic carbocycles. The summed E-state index contributed by atoms with van der Waals surface area (Å²) in [6.45, 7) is 1.97. The summed E-state index contributed by atoms with van der Waals surface area (Å²) in [5.74, 6) is -0.200. The molecule has 2 aliphatic rings. The molecule has 0 radical (unpaired) electrons. The van der Waals surface area contributed by atoms with Crippen LogP contribution in [-0.2, 0) is 14.9 Å². The lowest BCUT2D eigenvalue weighted by Crippen LogP contribution is -2.51. The molecule has 0 saturated carbocycles. The predicted octanol–water partition coefficient (Wildman–Crippen LogP) is 4.29. The van der Waals surface area contributed by atoms with Crippen LogP contribution in [0.15, 0.2) is 72.8 Å². The van der Waals surface area contributed by atoms with Crippen molar-refractivity contribution in [3.8, 4) is 0 Å². The number of fused-ring (bicyclic) bond motifs is 2. The van der Waals surface area contributed by atoms with Gasteiger partial charge in [-0.15, -0.1) is 0 Å². The Morgan fingerprint density at radius 2 is 1.65 bits per heavy atom. The van der Waals surface area contributed by atoms with Crippen LogP contribution >= 0.6 is 0 Å². The highest BCUT2D eigenvalue weighted by atomic mass is 16.6. The Kier molecular flexibility index (Phi) is 4.20.